The standard InChI is InChI=1S/C13H19NO4/c1-9-7-12(18-3)10(8-11(9)17-2)13(16)14-5-4-6-15/h7-8,15H,4-6H2,1-3H3,(H,14,16). The van der Waals surface area contributed by atoms with E-state index in [1.54, 1.807) is 19.2 Å². The number of ether oxygens (including phenoxy) is 2. The first-order valence-corrected chi connectivity index (χ1v) is 5.75. The molecule has 1 aromatic carbocycles. The molecule has 0 aliphatic carbocycles. The van der Waals surface area contributed by atoms with Crippen molar-refractivity contribution in [3.8, 4) is 11.5 Å². The average molecular weight is 253 g/mol. The molecule has 0 heterocycles. The molecule has 0 saturated heterocycles. The van der Waals surface area contributed by atoms with E-state index >= 15 is 0 Å². The molecule has 5 nitrogen and oxygen atoms in total. The number of nitrogens with one attached hydrogen (secondary N) is 1. The van der Waals surface area contributed by atoms with Crippen molar-refractivity contribution in [3.63, 3.8) is 0 Å². The van der Waals surface area contributed by atoms with Gasteiger partial charge in [-0.15, -0.1) is 0 Å². The zero-order valence-corrected chi connectivity index (χ0v) is 10.9. The van der Waals surface area contributed by atoms with Gasteiger partial charge in [-0.3, -0.25) is 4.79 Å². The number of aliphatic hydroxyl groups excluding tert-OH is 1. The van der Waals surface area contributed by atoms with E-state index in [2.05, 4.69) is 5.32 Å². The first-order valence-electron chi connectivity index (χ1n) is 5.75. The van der Waals surface area contributed by atoms with Gasteiger partial charge in [0.25, 0.3) is 5.91 Å². The molecule has 1 amide bonds. The smallest absolute Gasteiger partial charge is 0.255 e. The summed E-state index contributed by atoms with van der Waals surface area (Å²) in [6, 6.07) is 3.42. The number of methoxy groups -OCH3 is 2. The van der Waals surface area contributed by atoms with E-state index in [0.29, 0.717) is 30.0 Å². The van der Waals surface area contributed by atoms with Crippen LogP contribution < -0.4 is 14.8 Å². The van der Waals surface area contributed by atoms with Crippen LogP contribution in [-0.4, -0.2) is 38.4 Å². The summed E-state index contributed by atoms with van der Waals surface area (Å²) in [6.07, 6.45) is 0.525. The van der Waals surface area contributed by atoms with Crippen LogP contribution in [0.3, 0.4) is 0 Å². The maximum Gasteiger partial charge on any atom is 0.255 e. The number of aryl methyl sites for hydroxylation is 1. The number of carbonyl (C=O) groups excluding carboxylic acids is 1. The lowest BCUT2D eigenvalue weighted by Gasteiger charge is -2.12. The Bertz CT molecular complexity index is 418. The van der Waals surface area contributed by atoms with Crippen molar-refractivity contribution >= 4 is 5.91 Å². The van der Waals surface area contributed by atoms with Crippen LogP contribution in [0.5, 0.6) is 11.5 Å². The maximum absolute atomic E-state index is 12.0. The highest BCUT2D eigenvalue weighted by Gasteiger charge is 2.15. The second-order valence-electron chi connectivity index (χ2n) is 3.86. The van der Waals surface area contributed by atoms with Gasteiger partial charge in [0.2, 0.25) is 0 Å². The molecule has 0 atom stereocenters. The summed E-state index contributed by atoms with van der Waals surface area (Å²) in [5.74, 6) is 0.913. The highest BCUT2D eigenvalue weighted by molar-refractivity contribution is 5.97. The SMILES string of the molecule is COc1cc(C(=O)NCCCO)c(OC)cc1C. The van der Waals surface area contributed by atoms with Crippen LogP contribution in [0.15, 0.2) is 12.1 Å². The van der Waals surface area contributed by atoms with Gasteiger partial charge in [0.05, 0.1) is 19.8 Å². The number of amides is 1. The largest absolute Gasteiger partial charge is 0.496 e. The Hall–Kier alpha value is -1.75. The number of rotatable bonds is 6. The van der Waals surface area contributed by atoms with Crippen molar-refractivity contribution < 1.29 is 19.4 Å². The molecule has 0 aliphatic rings. The van der Waals surface area contributed by atoms with Crippen molar-refractivity contribution in [1.29, 1.82) is 0 Å². The van der Waals surface area contributed by atoms with E-state index in [0.717, 1.165) is 5.56 Å². The number of carbonyl (C=O) groups is 1. The number of benzene rings is 1. The first-order chi connectivity index (χ1) is 8.63. The lowest BCUT2D eigenvalue weighted by atomic mass is 10.1. The summed E-state index contributed by atoms with van der Waals surface area (Å²) in [6.45, 7) is 2.36. The highest BCUT2D eigenvalue weighted by Crippen LogP contribution is 2.28. The van der Waals surface area contributed by atoms with Gasteiger partial charge in [0, 0.05) is 13.2 Å². The van der Waals surface area contributed by atoms with Gasteiger partial charge in [-0.1, -0.05) is 0 Å². The van der Waals surface area contributed by atoms with Crippen molar-refractivity contribution in [2.24, 2.45) is 0 Å². The third-order valence-electron chi connectivity index (χ3n) is 2.58. The van der Waals surface area contributed by atoms with Crippen LogP contribution in [0.2, 0.25) is 0 Å². The normalized spacial score (nSPS) is 10.0. The summed E-state index contributed by atoms with van der Waals surface area (Å²) in [5.41, 5.74) is 1.33. The van der Waals surface area contributed by atoms with Crippen molar-refractivity contribution in [1.82, 2.24) is 5.32 Å². The van der Waals surface area contributed by atoms with Gasteiger partial charge < -0.3 is 19.9 Å². The van der Waals surface area contributed by atoms with E-state index in [1.165, 1.54) is 7.11 Å². The third-order valence-corrected chi connectivity index (χ3v) is 2.58. The molecule has 1 aromatic rings. The van der Waals surface area contributed by atoms with E-state index in [-0.39, 0.29) is 12.5 Å². The molecule has 0 aliphatic heterocycles. The van der Waals surface area contributed by atoms with Crippen LogP contribution >= 0.6 is 0 Å². The molecule has 0 spiro atoms. The van der Waals surface area contributed by atoms with Gasteiger partial charge >= 0.3 is 0 Å². The lowest BCUT2D eigenvalue weighted by Crippen LogP contribution is -2.25. The summed E-state index contributed by atoms with van der Waals surface area (Å²) in [4.78, 5) is 12.0. The second-order valence-corrected chi connectivity index (χ2v) is 3.86. The van der Waals surface area contributed by atoms with Crippen molar-refractivity contribution in [3.05, 3.63) is 23.3 Å². The van der Waals surface area contributed by atoms with Gasteiger partial charge in [0.1, 0.15) is 11.5 Å². The Kier molecular flexibility index (Phi) is 5.45. The molecule has 0 saturated carbocycles. The van der Waals surface area contributed by atoms with Crippen LogP contribution in [0, 0.1) is 6.92 Å². The van der Waals surface area contributed by atoms with E-state index < -0.39 is 0 Å². The average Bonchev–Trinajstić information content (AvgIpc) is 2.38. The predicted molar refractivity (Wildman–Crippen MR) is 68.3 cm³/mol. The Balaban J connectivity index is 2.94. The fourth-order valence-electron chi connectivity index (χ4n) is 1.60. The van der Waals surface area contributed by atoms with E-state index in [9.17, 15) is 4.79 Å². The summed E-state index contributed by atoms with van der Waals surface area (Å²) >= 11 is 0. The molecule has 2 N–H and O–H groups in total. The molecule has 0 radical (unpaired) electrons. The number of hydrogen-bond donors (Lipinski definition) is 2. The molecule has 5 heteroatoms. The second kappa shape index (κ2) is 6.86. The topological polar surface area (TPSA) is 67.8 Å². The predicted octanol–water partition coefficient (Wildman–Crippen LogP) is 1.12. The molecule has 1 rings (SSSR count). The first kappa shape index (κ1) is 14.3. The fourth-order valence-corrected chi connectivity index (χ4v) is 1.60. The van der Waals surface area contributed by atoms with Crippen molar-refractivity contribution in [2.75, 3.05) is 27.4 Å². The minimum atomic E-state index is -0.237. The zero-order valence-electron chi connectivity index (χ0n) is 10.9. The molecule has 0 fully saturated rings. The van der Waals surface area contributed by atoms with Gasteiger partial charge in [-0.2, -0.15) is 0 Å². The fraction of sp³-hybridized carbons (Fsp3) is 0.462. The molecule has 100 valence electrons. The van der Waals surface area contributed by atoms with Crippen molar-refractivity contribution in [2.45, 2.75) is 13.3 Å². The van der Waals surface area contributed by atoms with Crippen LogP contribution in [-0.2, 0) is 0 Å². The molecule has 0 aromatic heterocycles. The van der Waals surface area contributed by atoms with Crippen LogP contribution in [0.25, 0.3) is 0 Å². The quantitative estimate of drug-likeness (QED) is 0.746. The Morgan fingerprint density at radius 2 is 1.94 bits per heavy atom. The molecule has 0 bridgehead atoms. The van der Waals surface area contributed by atoms with Crippen LogP contribution in [0.4, 0.5) is 0 Å². The minimum Gasteiger partial charge on any atom is -0.496 e. The van der Waals surface area contributed by atoms with Gasteiger partial charge in [-0.05, 0) is 31.0 Å². The Labute approximate surface area is 107 Å². The maximum atomic E-state index is 12.0. The summed E-state index contributed by atoms with van der Waals surface area (Å²) < 4.78 is 10.4. The highest BCUT2D eigenvalue weighted by atomic mass is 16.5. The van der Waals surface area contributed by atoms with Crippen LogP contribution in [0.1, 0.15) is 22.3 Å². The van der Waals surface area contributed by atoms with E-state index in [4.69, 9.17) is 14.6 Å². The van der Waals surface area contributed by atoms with E-state index in [1.807, 2.05) is 6.92 Å². The number of hydrogen-bond acceptors (Lipinski definition) is 4. The number of aliphatic hydroxyl groups is 1. The Morgan fingerprint density at radius 1 is 1.28 bits per heavy atom. The molecular formula is C13H19NO4. The Morgan fingerprint density at radius 3 is 2.50 bits per heavy atom. The monoisotopic (exact) mass is 253 g/mol. The molecular weight excluding hydrogens is 234 g/mol. The molecule has 18 heavy (non-hydrogen) atoms. The summed E-state index contributed by atoms with van der Waals surface area (Å²) in [7, 11) is 3.08. The third kappa shape index (κ3) is 3.37. The summed E-state index contributed by atoms with van der Waals surface area (Å²) in [5, 5.41) is 11.4. The minimum absolute atomic E-state index is 0.0502. The van der Waals surface area contributed by atoms with Gasteiger partial charge in [-0.25, -0.2) is 0 Å². The lowest BCUT2D eigenvalue weighted by molar-refractivity contribution is 0.0947. The van der Waals surface area contributed by atoms with Gasteiger partial charge in [0.15, 0.2) is 0 Å². The zero-order chi connectivity index (χ0) is 13.5. The molecule has 0 unspecified atom stereocenters.